The molecular weight excluding hydrogens is 328 g/mol. The van der Waals surface area contributed by atoms with Gasteiger partial charge >= 0.3 is 5.97 Å². The number of nitrogens with one attached hydrogen (secondary N) is 1. The summed E-state index contributed by atoms with van der Waals surface area (Å²) in [4.78, 5) is 15.7. The van der Waals surface area contributed by atoms with Gasteiger partial charge in [-0.3, -0.25) is 9.71 Å². The van der Waals surface area contributed by atoms with Gasteiger partial charge in [0.15, 0.2) is 0 Å². The summed E-state index contributed by atoms with van der Waals surface area (Å²) in [7, 11) is -3.38. The van der Waals surface area contributed by atoms with Crippen molar-refractivity contribution >= 4 is 32.6 Å². The van der Waals surface area contributed by atoms with Crippen LogP contribution in [0.15, 0.2) is 54.7 Å². The van der Waals surface area contributed by atoms with Crippen molar-refractivity contribution in [1.29, 1.82) is 0 Å². The van der Waals surface area contributed by atoms with E-state index in [1.807, 2.05) is 12.1 Å². The van der Waals surface area contributed by atoms with E-state index in [9.17, 15) is 18.3 Å². The molecule has 0 aliphatic rings. The molecule has 0 fully saturated rings. The minimum atomic E-state index is -3.38. The molecule has 0 spiro atoms. The summed E-state index contributed by atoms with van der Waals surface area (Å²) < 4.78 is 25.2. The van der Waals surface area contributed by atoms with E-state index < -0.39 is 16.0 Å². The van der Waals surface area contributed by atoms with Gasteiger partial charge in [0.05, 0.1) is 17.3 Å². The number of carbonyl (C=O) groups is 1. The molecule has 0 atom stereocenters. The largest absolute Gasteiger partial charge is 0.478 e. The fourth-order valence-electron chi connectivity index (χ4n) is 2.56. The Hall–Kier alpha value is -2.93. The smallest absolute Gasteiger partial charge is 0.336 e. The molecule has 0 saturated carbocycles. The Morgan fingerprint density at radius 1 is 1.12 bits per heavy atom. The van der Waals surface area contributed by atoms with Gasteiger partial charge in [0.2, 0.25) is 10.0 Å². The quantitative estimate of drug-likeness (QED) is 0.760. The molecule has 3 rings (SSSR count). The fraction of sp³-hybridized carbons (Fsp3) is 0.0588. The molecule has 0 aliphatic heterocycles. The zero-order valence-corrected chi connectivity index (χ0v) is 13.5. The Balaban J connectivity index is 2.19. The number of sulfonamides is 1. The standard InChI is InChI=1S/C17H14N2O4S/c1-24(22,23)19-12-5-2-4-11(10-12)13-6-3-7-14-15(17(20)21)8-9-18-16(13)14/h2-10,19H,1H3,(H,20,21). The maximum absolute atomic E-state index is 11.4. The van der Waals surface area contributed by atoms with Crippen LogP contribution in [0, 0.1) is 0 Å². The Bertz CT molecular complexity index is 1050. The van der Waals surface area contributed by atoms with Crippen LogP contribution >= 0.6 is 0 Å². The van der Waals surface area contributed by atoms with E-state index in [1.54, 1.807) is 30.3 Å². The molecule has 24 heavy (non-hydrogen) atoms. The second-order valence-corrected chi connectivity index (χ2v) is 7.07. The minimum Gasteiger partial charge on any atom is -0.478 e. The molecule has 2 aromatic carbocycles. The highest BCUT2D eigenvalue weighted by molar-refractivity contribution is 7.92. The molecule has 0 aliphatic carbocycles. The number of anilines is 1. The van der Waals surface area contributed by atoms with Gasteiger partial charge in [-0.2, -0.15) is 0 Å². The highest BCUT2D eigenvalue weighted by Crippen LogP contribution is 2.30. The fourth-order valence-corrected chi connectivity index (χ4v) is 3.11. The first-order valence-electron chi connectivity index (χ1n) is 7.04. The van der Waals surface area contributed by atoms with Crippen molar-refractivity contribution in [2.75, 3.05) is 11.0 Å². The van der Waals surface area contributed by atoms with Crippen LogP contribution in [-0.2, 0) is 10.0 Å². The SMILES string of the molecule is CS(=O)(=O)Nc1cccc(-c2cccc3c(C(=O)O)ccnc23)c1. The number of para-hydroxylation sites is 1. The normalized spacial score (nSPS) is 11.4. The monoisotopic (exact) mass is 342 g/mol. The molecule has 0 radical (unpaired) electrons. The topological polar surface area (TPSA) is 96.4 Å². The van der Waals surface area contributed by atoms with Crippen molar-refractivity contribution in [2.45, 2.75) is 0 Å². The predicted octanol–water partition coefficient (Wildman–Crippen LogP) is 2.97. The summed E-state index contributed by atoms with van der Waals surface area (Å²) in [6.07, 6.45) is 2.53. The second kappa shape index (κ2) is 5.93. The lowest BCUT2D eigenvalue weighted by Crippen LogP contribution is -2.09. The average Bonchev–Trinajstić information content (AvgIpc) is 2.52. The maximum atomic E-state index is 11.4. The van der Waals surface area contributed by atoms with Gasteiger partial charge in [0.25, 0.3) is 0 Å². The minimum absolute atomic E-state index is 0.173. The zero-order chi connectivity index (χ0) is 17.3. The molecule has 2 N–H and O–H groups in total. The summed E-state index contributed by atoms with van der Waals surface area (Å²) >= 11 is 0. The molecule has 7 heteroatoms. The van der Waals surface area contributed by atoms with Crippen LogP contribution in [0.4, 0.5) is 5.69 Å². The van der Waals surface area contributed by atoms with Crippen molar-refractivity contribution in [1.82, 2.24) is 4.98 Å². The van der Waals surface area contributed by atoms with Gasteiger partial charge < -0.3 is 5.11 Å². The van der Waals surface area contributed by atoms with E-state index in [4.69, 9.17) is 0 Å². The van der Waals surface area contributed by atoms with E-state index in [-0.39, 0.29) is 5.56 Å². The molecule has 1 heterocycles. The number of hydrogen-bond donors (Lipinski definition) is 2. The Morgan fingerprint density at radius 2 is 1.88 bits per heavy atom. The van der Waals surface area contributed by atoms with Crippen molar-refractivity contribution in [3.8, 4) is 11.1 Å². The highest BCUT2D eigenvalue weighted by Gasteiger charge is 2.12. The molecule has 0 saturated heterocycles. The van der Waals surface area contributed by atoms with E-state index in [0.717, 1.165) is 17.4 Å². The summed E-state index contributed by atoms with van der Waals surface area (Å²) in [6.45, 7) is 0. The first-order valence-corrected chi connectivity index (χ1v) is 8.93. The third-order valence-electron chi connectivity index (χ3n) is 3.48. The number of benzene rings is 2. The van der Waals surface area contributed by atoms with Crippen molar-refractivity contribution in [2.24, 2.45) is 0 Å². The second-order valence-electron chi connectivity index (χ2n) is 5.32. The van der Waals surface area contributed by atoms with E-state index in [0.29, 0.717) is 16.6 Å². The van der Waals surface area contributed by atoms with Crippen LogP contribution in [-0.4, -0.2) is 30.7 Å². The number of aromatic nitrogens is 1. The van der Waals surface area contributed by atoms with Crippen LogP contribution in [0.25, 0.3) is 22.0 Å². The number of hydrogen-bond acceptors (Lipinski definition) is 4. The summed E-state index contributed by atoms with van der Waals surface area (Å²) in [5.74, 6) is -1.02. The van der Waals surface area contributed by atoms with E-state index in [1.165, 1.54) is 12.3 Å². The zero-order valence-electron chi connectivity index (χ0n) is 12.7. The highest BCUT2D eigenvalue weighted by atomic mass is 32.2. The van der Waals surface area contributed by atoms with Gasteiger partial charge in [-0.1, -0.05) is 30.3 Å². The number of nitrogens with zero attached hydrogens (tertiary/aromatic N) is 1. The number of carboxylic acid groups (broad SMARTS) is 1. The van der Waals surface area contributed by atoms with Crippen LogP contribution in [0.1, 0.15) is 10.4 Å². The lowest BCUT2D eigenvalue weighted by Gasteiger charge is -2.10. The molecule has 6 nitrogen and oxygen atoms in total. The number of pyridine rings is 1. The van der Waals surface area contributed by atoms with Crippen molar-refractivity contribution in [3.05, 3.63) is 60.3 Å². The molecule has 1 aromatic heterocycles. The first kappa shape index (κ1) is 15.9. The number of aromatic carboxylic acids is 1. The predicted molar refractivity (Wildman–Crippen MR) is 92.6 cm³/mol. The summed E-state index contributed by atoms with van der Waals surface area (Å²) in [5, 5.41) is 9.84. The molecule has 0 amide bonds. The van der Waals surface area contributed by atoms with Gasteiger partial charge in [0.1, 0.15) is 0 Å². The van der Waals surface area contributed by atoms with E-state index >= 15 is 0 Å². The van der Waals surface area contributed by atoms with Crippen molar-refractivity contribution < 1.29 is 18.3 Å². The third kappa shape index (κ3) is 3.21. The summed E-state index contributed by atoms with van der Waals surface area (Å²) in [5.41, 5.74) is 2.62. The number of carboxylic acids is 1. The van der Waals surface area contributed by atoms with Gasteiger partial charge in [0, 0.05) is 22.8 Å². The molecule has 0 unspecified atom stereocenters. The number of rotatable bonds is 4. The lowest BCUT2D eigenvalue weighted by atomic mass is 9.99. The molecule has 3 aromatic rings. The summed E-state index contributed by atoms with van der Waals surface area (Å²) in [6, 6.07) is 13.6. The van der Waals surface area contributed by atoms with Crippen LogP contribution < -0.4 is 4.72 Å². The Labute approximate surface area is 138 Å². The first-order chi connectivity index (χ1) is 11.3. The van der Waals surface area contributed by atoms with Gasteiger partial charge in [-0.15, -0.1) is 0 Å². The van der Waals surface area contributed by atoms with Crippen LogP contribution in [0.2, 0.25) is 0 Å². The third-order valence-corrected chi connectivity index (χ3v) is 4.08. The van der Waals surface area contributed by atoms with Crippen LogP contribution in [0.5, 0.6) is 0 Å². The Kier molecular flexibility index (Phi) is 3.94. The van der Waals surface area contributed by atoms with E-state index in [2.05, 4.69) is 9.71 Å². The van der Waals surface area contributed by atoms with Gasteiger partial charge in [-0.05, 0) is 23.8 Å². The molecular formula is C17H14N2O4S. The van der Waals surface area contributed by atoms with Crippen LogP contribution in [0.3, 0.4) is 0 Å². The van der Waals surface area contributed by atoms with Crippen molar-refractivity contribution in [3.63, 3.8) is 0 Å². The Morgan fingerprint density at radius 3 is 2.58 bits per heavy atom. The maximum Gasteiger partial charge on any atom is 0.336 e. The average molecular weight is 342 g/mol. The number of fused-ring (bicyclic) bond motifs is 1. The van der Waals surface area contributed by atoms with Gasteiger partial charge in [-0.25, -0.2) is 13.2 Å². The molecule has 122 valence electrons. The molecule has 0 bridgehead atoms. The lowest BCUT2D eigenvalue weighted by molar-refractivity contribution is 0.0699.